The minimum Gasteiger partial charge on any atom is -0.349 e. The SMILES string of the molecule is N#CCN1CCC(NC(=O)c2cc(F)cc(Br)c2)CC1. The summed E-state index contributed by atoms with van der Waals surface area (Å²) in [6.45, 7) is 2.02. The van der Waals surface area contributed by atoms with Crippen molar-refractivity contribution in [2.24, 2.45) is 0 Å². The molecule has 20 heavy (non-hydrogen) atoms. The van der Waals surface area contributed by atoms with Crippen molar-refractivity contribution in [1.29, 1.82) is 5.26 Å². The highest BCUT2D eigenvalue weighted by atomic mass is 79.9. The first-order valence-corrected chi connectivity index (χ1v) is 7.24. The number of benzene rings is 1. The lowest BCUT2D eigenvalue weighted by atomic mass is 10.0. The van der Waals surface area contributed by atoms with Gasteiger partial charge < -0.3 is 5.32 Å². The molecule has 1 heterocycles. The van der Waals surface area contributed by atoms with Crippen LogP contribution >= 0.6 is 15.9 Å². The summed E-state index contributed by atoms with van der Waals surface area (Å²) in [7, 11) is 0. The molecule has 0 radical (unpaired) electrons. The summed E-state index contributed by atoms with van der Waals surface area (Å²) in [5.41, 5.74) is 0.316. The van der Waals surface area contributed by atoms with E-state index in [1.54, 1.807) is 6.07 Å². The average Bonchev–Trinajstić information content (AvgIpc) is 2.40. The standard InChI is InChI=1S/C14H15BrFN3O/c15-11-7-10(8-12(16)9-11)14(20)18-13-1-4-19(5-2-13)6-3-17/h7-9,13H,1-2,4-6H2,(H,18,20). The van der Waals surface area contributed by atoms with Crippen LogP contribution in [0.25, 0.3) is 0 Å². The summed E-state index contributed by atoms with van der Waals surface area (Å²) in [6, 6.07) is 6.35. The van der Waals surface area contributed by atoms with Crippen LogP contribution in [0.3, 0.4) is 0 Å². The quantitative estimate of drug-likeness (QED) is 0.859. The van der Waals surface area contributed by atoms with Gasteiger partial charge in [-0.3, -0.25) is 9.69 Å². The molecule has 0 saturated carbocycles. The molecule has 1 aliphatic heterocycles. The van der Waals surface area contributed by atoms with E-state index < -0.39 is 5.82 Å². The van der Waals surface area contributed by atoms with E-state index in [0.717, 1.165) is 25.9 Å². The number of hydrogen-bond acceptors (Lipinski definition) is 3. The number of nitrogens with zero attached hydrogens (tertiary/aromatic N) is 2. The fourth-order valence-corrected chi connectivity index (χ4v) is 2.75. The van der Waals surface area contributed by atoms with Gasteiger partial charge in [-0.1, -0.05) is 15.9 Å². The number of likely N-dealkylation sites (tertiary alicyclic amines) is 1. The van der Waals surface area contributed by atoms with E-state index in [1.807, 2.05) is 0 Å². The Hall–Kier alpha value is -1.45. The van der Waals surface area contributed by atoms with Gasteiger partial charge in [-0.2, -0.15) is 5.26 Å². The van der Waals surface area contributed by atoms with Crippen molar-refractivity contribution >= 4 is 21.8 Å². The van der Waals surface area contributed by atoms with Gasteiger partial charge in [-0.25, -0.2) is 4.39 Å². The zero-order chi connectivity index (χ0) is 14.5. The lowest BCUT2D eigenvalue weighted by Crippen LogP contribution is -2.44. The van der Waals surface area contributed by atoms with Crippen molar-refractivity contribution in [3.8, 4) is 6.07 Å². The molecule has 1 aromatic rings. The number of rotatable bonds is 3. The van der Waals surface area contributed by atoms with E-state index in [2.05, 4.69) is 32.2 Å². The van der Waals surface area contributed by atoms with Crippen molar-refractivity contribution in [1.82, 2.24) is 10.2 Å². The number of piperidine rings is 1. The van der Waals surface area contributed by atoms with E-state index in [-0.39, 0.29) is 11.9 Å². The van der Waals surface area contributed by atoms with Crippen molar-refractivity contribution in [3.05, 3.63) is 34.1 Å². The Balaban J connectivity index is 1.91. The number of nitriles is 1. The van der Waals surface area contributed by atoms with Crippen LogP contribution < -0.4 is 5.32 Å². The zero-order valence-corrected chi connectivity index (χ0v) is 12.5. The Morgan fingerprint density at radius 2 is 2.15 bits per heavy atom. The molecule has 0 unspecified atom stereocenters. The number of carbonyl (C=O) groups excluding carboxylic acids is 1. The molecule has 4 nitrogen and oxygen atoms in total. The summed E-state index contributed by atoms with van der Waals surface area (Å²) < 4.78 is 13.8. The molecule has 1 aromatic carbocycles. The summed E-state index contributed by atoms with van der Waals surface area (Å²) in [5.74, 6) is -0.697. The van der Waals surface area contributed by atoms with Crippen LogP contribution in [0.4, 0.5) is 4.39 Å². The Kier molecular flexibility index (Phi) is 5.10. The number of carbonyl (C=O) groups is 1. The van der Waals surface area contributed by atoms with Crippen LogP contribution in [0.2, 0.25) is 0 Å². The third-order valence-electron chi connectivity index (χ3n) is 3.34. The maximum atomic E-state index is 13.3. The Labute approximate surface area is 125 Å². The molecule has 1 saturated heterocycles. The van der Waals surface area contributed by atoms with Crippen LogP contribution in [0, 0.1) is 17.1 Å². The van der Waals surface area contributed by atoms with Gasteiger partial charge in [0.25, 0.3) is 5.91 Å². The van der Waals surface area contributed by atoms with E-state index in [9.17, 15) is 9.18 Å². The van der Waals surface area contributed by atoms with E-state index in [1.165, 1.54) is 12.1 Å². The van der Waals surface area contributed by atoms with Gasteiger partial charge in [0, 0.05) is 29.2 Å². The van der Waals surface area contributed by atoms with Crippen LogP contribution in [-0.2, 0) is 0 Å². The largest absolute Gasteiger partial charge is 0.349 e. The molecule has 0 aliphatic carbocycles. The monoisotopic (exact) mass is 339 g/mol. The van der Waals surface area contributed by atoms with Crippen molar-refractivity contribution in [3.63, 3.8) is 0 Å². The minimum atomic E-state index is -0.437. The third kappa shape index (κ3) is 4.02. The normalized spacial score (nSPS) is 16.6. The van der Waals surface area contributed by atoms with Crippen LogP contribution in [0.5, 0.6) is 0 Å². The Bertz CT molecular complexity index is 515. The van der Waals surface area contributed by atoms with Gasteiger partial charge in [-0.05, 0) is 31.0 Å². The van der Waals surface area contributed by atoms with E-state index in [0.29, 0.717) is 16.6 Å². The van der Waals surface area contributed by atoms with Crippen LogP contribution in [-0.4, -0.2) is 36.5 Å². The molecule has 2 rings (SSSR count). The lowest BCUT2D eigenvalue weighted by molar-refractivity contribution is 0.0914. The summed E-state index contributed by atoms with van der Waals surface area (Å²) in [5, 5.41) is 11.5. The highest BCUT2D eigenvalue weighted by molar-refractivity contribution is 9.10. The molecule has 1 N–H and O–H groups in total. The van der Waals surface area contributed by atoms with Gasteiger partial charge in [-0.15, -0.1) is 0 Å². The lowest BCUT2D eigenvalue weighted by Gasteiger charge is -2.30. The summed E-state index contributed by atoms with van der Waals surface area (Å²) >= 11 is 3.17. The first-order chi connectivity index (χ1) is 9.58. The topological polar surface area (TPSA) is 56.1 Å². The molecular formula is C14H15BrFN3O. The van der Waals surface area contributed by atoms with Crippen molar-refractivity contribution < 1.29 is 9.18 Å². The number of hydrogen-bond donors (Lipinski definition) is 1. The first kappa shape index (κ1) is 14.9. The number of halogens is 2. The fraction of sp³-hybridized carbons (Fsp3) is 0.429. The van der Waals surface area contributed by atoms with Crippen LogP contribution in [0.1, 0.15) is 23.2 Å². The van der Waals surface area contributed by atoms with Crippen molar-refractivity contribution in [2.75, 3.05) is 19.6 Å². The Morgan fingerprint density at radius 3 is 2.75 bits per heavy atom. The Morgan fingerprint density at radius 1 is 1.45 bits per heavy atom. The second-order valence-corrected chi connectivity index (χ2v) is 5.76. The number of amides is 1. The molecule has 1 aliphatic rings. The first-order valence-electron chi connectivity index (χ1n) is 6.45. The predicted octanol–water partition coefficient (Wildman–Crippen LogP) is 2.31. The van der Waals surface area contributed by atoms with E-state index in [4.69, 9.17) is 5.26 Å². The molecule has 6 heteroatoms. The molecule has 0 aromatic heterocycles. The predicted molar refractivity (Wildman–Crippen MR) is 76.6 cm³/mol. The molecule has 0 bridgehead atoms. The van der Waals surface area contributed by atoms with Gasteiger partial charge in [0.05, 0.1) is 12.6 Å². The highest BCUT2D eigenvalue weighted by Crippen LogP contribution is 2.16. The molecule has 106 valence electrons. The molecule has 0 spiro atoms. The second kappa shape index (κ2) is 6.82. The van der Waals surface area contributed by atoms with Gasteiger partial charge in [0.15, 0.2) is 0 Å². The minimum absolute atomic E-state index is 0.0829. The average molecular weight is 340 g/mol. The summed E-state index contributed by atoms with van der Waals surface area (Å²) in [4.78, 5) is 14.1. The van der Waals surface area contributed by atoms with Crippen molar-refractivity contribution in [2.45, 2.75) is 18.9 Å². The maximum Gasteiger partial charge on any atom is 0.251 e. The molecule has 1 fully saturated rings. The maximum absolute atomic E-state index is 13.3. The number of nitrogens with one attached hydrogen (secondary N) is 1. The van der Waals surface area contributed by atoms with E-state index >= 15 is 0 Å². The summed E-state index contributed by atoms with van der Waals surface area (Å²) in [6.07, 6.45) is 1.62. The third-order valence-corrected chi connectivity index (χ3v) is 3.80. The highest BCUT2D eigenvalue weighted by Gasteiger charge is 2.21. The van der Waals surface area contributed by atoms with Crippen LogP contribution in [0.15, 0.2) is 22.7 Å². The van der Waals surface area contributed by atoms with Gasteiger partial charge in [0.2, 0.25) is 0 Å². The molecule has 1 amide bonds. The zero-order valence-electron chi connectivity index (χ0n) is 10.9. The fourth-order valence-electron chi connectivity index (χ4n) is 2.29. The molecule has 0 atom stereocenters. The van der Waals surface area contributed by atoms with Gasteiger partial charge >= 0.3 is 0 Å². The smallest absolute Gasteiger partial charge is 0.251 e. The van der Waals surface area contributed by atoms with Gasteiger partial charge in [0.1, 0.15) is 5.82 Å². The second-order valence-electron chi connectivity index (χ2n) is 4.84. The molecular weight excluding hydrogens is 325 g/mol.